The second-order valence-electron chi connectivity index (χ2n) is 4.82. The number of nitrogens with one attached hydrogen (secondary N) is 2. The fourth-order valence-corrected chi connectivity index (χ4v) is 1.71. The van der Waals surface area contributed by atoms with Gasteiger partial charge in [-0.25, -0.2) is 9.37 Å². The molecule has 2 N–H and O–H groups in total. The molecule has 21 heavy (non-hydrogen) atoms. The highest BCUT2D eigenvalue weighted by Gasteiger charge is 2.11. The van der Waals surface area contributed by atoms with E-state index in [-0.39, 0.29) is 24.2 Å². The molecule has 0 saturated heterocycles. The lowest BCUT2D eigenvalue weighted by molar-refractivity contribution is -0.120. The lowest BCUT2D eigenvalue weighted by Crippen LogP contribution is -2.37. The average Bonchev–Trinajstić information content (AvgIpc) is 2.94. The smallest absolute Gasteiger partial charge is 0.226 e. The summed E-state index contributed by atoms with van der Waals surface area (Å²) in [5.74, 6) is -0.0546. The van der Waals surface area contributed by atoms with E-state index in [2.05, 4.69) is 15.6 Å². The van der Waals surface area contributed by atoms with Crippen molar-refractivity contribution in [3.8, 4) is 11.5 Å². The minimum absolute atomic E-state index is 0.115. The predicted molar refractivity (Wildman–Crippen MR) is 77.1 cm³/mol. The zero-order valence-corrected chi connectivity index (χ0v) is 12.0. The maximum absolute atomic E-state index is 12.8. The van der Waals surface area contributed by atoms with Gasteiger partial charge in [0.15, 0.2) is 0 Å². The molecule has 0 fully saturated rings. The van der Waals surface area contributed by atoms with E-state index < -0.39 is 0 Å². The van der Waals surface area contributed by atoms with Crippen LogP contribution in [0.2, 0.25) is 0 Å². The first kappa shape index (κ1) is 15.2. The van der Waals surface area contributed by atoms with E-state index in [0.29, 0.717) is 23.7 Å². The summed E-state index contributed by atoms with van der Waals surface area (Å²) in [6, 6.07) is 6.05. The molecule has 1 aromatic carbocycles. The SMILES string of the molecule is CNC(C)CNC(=O)Cc1coc(-c2ccc(F)cc2)n1. The predicted octanol–water partition coefficient (Wildman–Crippen LogP) is 1.75. The van der Waals surface area contributed by atoms with Gasteiger partial charge in [0.25, 0.3) is 0 Å². The number of benzene rings is 1. The Bertz CT molecular complexity index is 595. The molecule has 0 bridgehead atoms. The van der Waals surface area contributed by atoms with Crippen molar-refractivity contribution >= 4 is 5.91 Å². The quantitative estimate of drug-likeness (QED) is 0.851. The van der Waals surface area contributed by atoms with Crippen LogP contribution in [0.1, 0.15) is 12.6 Å². The van der Waals surface area contributed by atoms with Crippen molar-refractivity contribution in [1.29, 1.82) is 0 Å². The zero-order valence-electron chi connectivity index (χ0n) is 12.0. The Labute approximate surface area is 122 Å². The molecule has 0 spiro atoms. The monoisotopic (exact) mass is 291 g/mol. The molecule has 0 aliphatic heterocycles. The molecule has 5 nitrogen and oxygen atoms in total. The summed E-state index contributed by atoms with van der Waals surface area (Å²) in [6.07, 6.45) is 1.60. The fourth-order valence-electron chi connectivity index (χ4n) is 1.71. The second kappa shape index (κ2) is 6.99. The second-order valence-corrected chi connectivity index (χ2v) is 4.82. The molecule has 0 saturated carbocycles. The van der Waals surface area contributed by atoms with Crippen LogP contribution in [0.25, 0.3) is 11.5 Å². The van der Waals surface area contributed by atoms with Crippen molar-refractivity contribution in [2.24, 2.45) is 0 Å². The van der Waals surface area contributed by atoms with Crippen LogP contribution in [0.4, 0.5) is 4.39 Å². The average molecular weight is 291 g/mol. The minimum atomic E-state index is -0.316. The molecule has 2 rings (SSSR count). The first-order valence-electron chi connectivity index (χ1n) is 6.73. The first-order chi connectivity index (χ1) is 10.1. The number of nitrogens with zero attached hydrogens (tertiary/aromatic N) is 1. The molecule has 1 unspecified atom stereocenters. The third-order valence-corrected chi connectivity index (χ3v) is 3.08. The summed E-state index contributed by atoms with van der Waals surface area (Å²) in [6.45, 7) is 2.53. The van der Waals surface area contributed by atoms with Gasteiger partial charge < -0.3 is 15.1 Å². The van der Waals surface area contributed by atoms with E-state index in [4.69, 9.17) is 4.42 Å². The summed E-state index contributed by atoms with van der Waals surface area (Å²) < 4.78 is 18.2. The summed E-state index contributed by atoms with van der Waals surface area (Å²) in [5, 5.41) is 5.84. The summed E-state index contributed by atoms with van der Waals surface area (Å²) >= 11 is 0. The molecule has 1 heterocycles. The van der Waals surface area contributed by atoms with E-state index in [9.17, 15) is 9.18 Å². The summed E-state index contributed by atoms with van der Waals surface area (Å²) in [4.78, 5) is 16.0. The summed E-state index contributed by atoms with van der Waals surface area (Å²) in [7, 11) is 1.84. The minimum Gasteiger partial charge on any atom is -0.444 e. The third kappa shape index (κ3) is 4.39. The van der Waals surface area contributed by atoms with Gasteiger partial charge in [0, 0.05) is 18.2 Å². The van der Waals surface area contributed by atoms with Crippen LogP contribution < -0.4 is 10.6 Å². The largest absolute Gasteiger partial charge is 0.444 e. The number of hydrogen-bond donors (Lipinski definition) is 2. The molecule has 112 valence electrons. The Kier molecular flexibility index (Phi) is 5.05. The van der Waals surface area contributed by atoms with Gasteiger partial charge in [0.05, 0.1) is 12.1 Å². The van der Waals surface area contributed by atoms with Gasteiger partial charge in [-0.2, -0.15) is 0 Å². The maximum Gasteiger partial charge on any atom is 0.226 e. The van der Waals surface area contributed by atoms with E-state index >= 15 is 0 Å². The van der Waals surface area contributed by atoms with Crippen molar-refractivity contribution in [3.63, 3.8) is 0 Å². The van der Waals surface area contributed by atoms with Gasteiger partial charge in [-0.05, 0) is 38.2 Å². The Morgan fingerprint density at radius 1 is 1.38 bits per heavy atom. The molecule has 2 aromatic rings. The summed E-state index contributed by atoms with van der Waals surface area (Å²) in [5.41, 5.74) is 1.22. The Morgan fingerprint density at radius 3 is 2.76 bits per heavy atom. The molecule has 1 amide bonds. The number of carbonyl (C=O) groups excluding carboxylic acids is 1. The van der Waals surface area contributed by atoms with Gasteiger partial charge in [-0.15, -0.1) is 0 Å². The highest BCUT2D eigenvalue weighted by atomic mass is 19.1. The number of aromatic nitrogens is 1. The topological polar surface area (TPSA) is 67.2 Å². The van der Waals surface area contributed by atoms with Crippen molar-refractivity contribution in [1.82, 2.24) is 15.6 Å². The van der Waals surface area contributed by atoms with Crippen LogP contribution in [0.5, 0.6) is 0 Å². The lowest BCUT2D eigenvalue weighted by atomic mass is 10.2. The molecule has 0 radical (unpaired) electrons. The third-order valence-electron chi connectivity index (χ3n) is 3.08. The highest BCUT2D eigenvalue weighted by Crippen LogP contribution is 2.19. The molecule has 6 heteroatoms. The maximum atomic E-state index is 12.8. The Morgan fingerprint density at radius 2 is 2.10 bits per heavy atom. The molecule has 0 aliphatic carbocycles. The zero-order chi connectivity index (χ0) is 15.2. The van der Waals surface area contributed by atoms with Gasteiger partial charge in [-0.1, -0.05) is 0 Å². The van der Waals surface area contributed by atoms with Gasteiger partial charge in [-0.3, -0.25) is 4.79 Å². The number of carbonyl (C=O) groups is 1. The number of rotatable bonds is 6. The lowest BCUT2D eigenvalue weighted by Gasteiger charge is -2.10. The van der Waals surface area contributed by atoms with Crippen molar-refractivity contribution < 1.29 is 13.6 Å². The van der Waals surface area contributed by atoms with Gasteiger partial charge in [0.2, 0.25) is 11.8 Å². The number of oxazole rings is 1. The molecule has 1 aromatic heterocycles. The van der Waals surface area contributed by atoms with E-state index in [1.54, 1.807) is 12.1 Å². The molecular weight excluding hydrogens is 273 g/mol. The first-order valence-corrected chi connectivity index (χ1v) is 6.73. The Balaban J connectivity index is 1.94. The number of halogens is 1. The number of hydrogen-bond acceptors (Lipinski definition) is 4. The van der Waals surface area contributed by atoms with Gasteiger partial charge in [0.1, 0.15) is 12.1 Å². The van der Waals surface area contributed by atoms with Crippen molar-refractivity contribution in [2.45, 2.75) is 19.4 Å². The molecule has 0 aliphatic rings. The normalized spacial score (nSPS) is 12.1. The fraction of sp³-hybridized carbons (Fsp3) is 0.333. The van der Waals surface area contributed by atoms with Crippen LogP contribution in [0.15, 0.2) is 34.9 Å². The van der Waals surface area contributed by atoms with Crippen molar-refractivity contribution in [3.05, 3.63) is 42.0 Å². The van der Waals surface area contributed by atoms with Crippen LogP contribution in [0.3, 0.4) is 0 Å². The highest BCUT2D eigenvalue weighted by molar-refractivity contribution is 5.78. The van der Waals surface area contributed by atoms with Crippen LogP contribution in [-0.2, 0) is 11.2 Å². The van der Waals surface area contributed by atoms with Crippen LogP contribution in [0, 0.1) is 5.82 Å². The van der Waals surface area contributed by atoms with E-state index in [1.165, 1.54) is 18.4 Å². The number of amides is 1. The van der Waals surface area contributed by atoms with E-state index in [0.717, 1.165) is 0 Å². The standard InChI is InChI=1S/C15H18FN3O2/c1-10(17-2)8-18-14(20)7-13-9-21-15(19-13)11-3-5-12(16)6-4-11/h3-6,9-10,17H,7-8H2,1-2H3,(H,18,20). The molecule has 1 atom stereocenters. The van der Waals surface area contributed by atoms with Crippen LogP contribution in [-0.4, -0.2) is 30.5 Å². The molecular formula is C15H18FN3O2. The Hall–Kier alpha value is -2.21. The van der Waals surface area contributed by atoms with Gasteiger partial charge >= 0.3 is 0 Å². The van der Waals surface area contributed by atoms with Crippen molar-refractivity contribution in [2.75, 3.05) is 13.6 Å². The van der Waals surface area contributed by atoms with Crippen LogP contribution >= 0.6 is 0 Å². The van der Waals surface area contributed by atoms with E-state index in [1.807, 2.05) is 14.0 Å². The number of likely N-dealkylation sites (N-methyl/N-ethyl adjacent to an activating group) is 1.